The third-order valence-corrected chi connectivity index (χ3v) is 0. The molecule has 0 bridgehead atoms. The van der Waals surface area contributed by atoms with Gasteiger partial charge in [0.2, 0.25) is 0 Å². The minimum Gasteiger partial charge on any atom is -0.756 e. The molecule has 0 atom stereocenters. The third kappa shape index (κ3) is 157. The minimum absolute atomic E-state index is 0. The topological polar surface area (TPSA) is 144 Å². The van der Waals surface area contributed by atoms with Crippen LogP contribution in [0, 0.1) is 0 Å². The SMILES string of the molecule is O.O.O=P([O-])(O)O.[Na+].[Na+]. The largest absolute Gasteiger partial charge is 1.00 e. The molecular weight excluding hydrogens is 173 g/mol. The Labute approximate surface area is 96.1 Å². The van der Waals surface area contributed by atoms with Crippen LogP contribution in [0.15, 0.2) is 0 Å². The normalized spacial score (nSPS) is 6.56. The van der Waals surface area contributed by atoms with E-state index >= 15 is 0 Å². The summed E-state index contributed by atoms with van der Waals surface area (Å²) >= 11 is 0. The fraction of sp³-hybridized carbons (Fsp3) is 0. The van der Waals surface area contributed by atoms with Crippen molar-refractivity contribution in [3.63, 3.8) is 0 Å². The van der Waals surface area contributed by atoms with Crippen LogP contribution in [0.25, 0.3) is 0 Å². The Morgan fingerprint density at radius 1 is 1.11 bits per heavy atom. The van der Waals surface area contributed by atoms with Gasteiger partial charge in [0.25, 0.3) is 7.82 Å². The quantitative estimate of drug-likeness (QED) is 0.281. The molecule has 0 radical (unpaired) electrons. The molecule has 0 spiro atoms. The molecule has 0 amide bonds. The van der Waals surface area contributed by atoms with Crippen LogP contribution in [0.1, 0.15) is 0 Å². The smallest absolute Gasteiger partial charge is 0.756 e. The Balaban J connectivity index is -0.0000000133. The van der Waals surface area contributed by atoms with Gasteiger partial charge in [-0.05, 0) is 0 Å². The van der Waals surface area contributed by atoms with Crippen molar-refractivity contribution >= 4 is 7.82 Å². The van der Waals surface area contributed by atoms with Gasteiger partial charge in [-0.25, -0.2) is 0 Å². The first kappa shape index (κ1) is 30.5. The van der Waals surface area contributed by atoms with E-state index in [-0.39, 0.29) is 70.1 Å². The molecule has 0 aliphatic carbocycles. The van der Waals surface area contributed by atoms with Crippen molar-refractivity contribution in [2.45, 2.75) is 0 Å². The van der Waals surface area contributed by atoms with Crippen molar-refractivity contribution in [1.82, 2.24) is 0 Å². The van der Waals surface area contributed by atoms with Crippen LogP contribution in [0.2, 0.25) is 0 Å². The molecule has 0 aliphatic rings. The van der Waals surface area contributed by atoms with E-state index in [0.717, 1.165) is 0 Å². The van der Waals surface area contributed by atoms with E-state index in [0.29, 0.717) is 0 Å². The van der Waals surface area contributed by atoms with Crippen LogP contribution in [0.4, 0.5) is 0 Å². The van der Waals surface area contributed by atoms with Gasteiger partial charge in [0.15, 0.2) is 0 Å². The standard InChI is InChI=1S/2Na.H3O4P.2H2O/c;;1-5(2,3)4;;/h;;(H3,1,2,3,4);2*1H2/q2*+1;;;/p-1. The number of hydrogen-bond acceptors (Lipinski definition) is 2. The van der Waals surface area contributed by atoms with Crippen LogP contribution >= 0.6 is 7.82 Å². The van der Waals surface area contributed by atoms with E-state index in [1.165, 1.54) is 0 Å². The first-order chi connectivity index (χ1) is 2.00. The first-order valence-electron chi connectivity index (χ1n) is 0.765. The van der Waals surface area contributed by atoms with Crippen molar-refractivity contribution in [2.75, 3.05) is 0 Å². The van der Waals surface area contributed by atoms with Crippen molar-refractivity contribution in [3.05, 3.63) is 0 Å². The van der Waals surface area contributed by atoms with Crippen molar-refractivity contribution in [2.24, 2.45) is 0 Å². The van der Waals surface area contributed by atoms with E-state index in [9.17, 15) is 0 Å². The van der Waals surface area contributed by atoms with Crippen LogP contribution in [-0.4, -0.2) is 20.7 Å². The Morgan fingerprint density at radius 3 is 1.11 bits per heavy atom. The van der Waals surface area contributed by atoms with Crippen molar-refractivity contribution in [3.8, 4) is 0 Å². The molecule has 0 saturated carbocycles. The van der Waals surface area contributed by atoms with Crippen LogP contribution < -0.4 is 64.0 Å². The second-order valence-electron chi connectivity index (χ2n) is 0.491. The summed E-state index contributed by atoms with van der Waals surface area (Å²) in [6, 6.07) is 0. The van der Waals surface area contributed by atoms with Gasteiger partial charge in [0.1, 0.15) is 0 Å². The number of hydrogen-bond donors (Lipinski definition) is 2. The fourth-order valence-corrected chi connectivity index (χ4v) is 0. The Kier molecular flexibility index (Phi) is 43.0. The summed E-state index contributed by atoms with van der Waals surface area (Å²) in [5.74, 6) is 0. The van der Waals surface area contributed by atoms with Gasteiger partial charge in [-0.1, -0.05) is 0 Å². The zero-order chi connectivity index (χ0) is 4.50. The fourth-order valence-electron chi connectivity index (χ4n) is 0. The molecule has 0 saturated heterocycles. The second kappa shape index (κ2) is 12.7. The Morgan fingerprint density at radius 2 is 1.11 bits per heavy atom. The van der Waals surface area contributed by atoms with Crippen LogP contribution in [-0.2, 0) is 4.57 Å². The van der Waals surface area contributed by atoms with Crippen molar-refractivity contribution in [1.29, 1.82) is 0 Å². The molecular formula is H6Na2O6P+. The van der Waals surface area contributed by atoms with Gasteiger partial charge in [-0.3, -0.25) is 4.57 Å². The summed E-state index contributed by atoms with van der Waals surface area (Å²) in [7, 11) is -4.89. The van der Waals surface area contributed by atoms with Gasteiger partial charge in [-0.2, -0.15) is 0 Å². The zero-order valence-corrected chi connectivity index (χ0v) is 10.1. The van der Waals surface area contributed by atoms with Gasteiger partial charge in [-0.15, -0.1) is 0 Å². The number of phosphoric acid groups is 1. The summed E-state index contributed by atoms with van der Waals surface area (Å²) in [5.41, 5.74) is 0. The maximum atomic E-state index is 8.77. The molecule has 0 fully saturated rings. The van der Waals surface area contributed by atoms with Gasteiger partial charge >= 0.3 is 59.1 Å². The molecule has 9 heavy (non-hydrogen) atoms. The van der Waals surface area contributed by atoms with E-state index < -0.39 is 7.82 Å². The molecule has 6 N–H and O–H groups in total. The van der Waals surface area contributed by atoms with Gasteiger partial charge in [0.05, 0.1) is 0 Å². The molecule has 0 rings (SSSR count). The summed E-state index contributed by atoms with van der Waals surface area (Å²) in [5, 5.41) is 0. The van der Waals surface area contributed by atoms with Gasteiger partial charge < -0.3 is 25.6 Å². The predicted molar refractivity (Wildman–Crippen MR) is 19.3 cm³/mol. The minimum atomic E-state index is -4.89. The molecule has 48 valence electrons. The third-order valence-electron chi connectivity index (χ3n) is 0. The molecule has 0 heterocycles. The summed E-state index contributed by atoms with van der Waals surface area (Å²) < 4.78 is 8.77. The van der Waals surface area contributed by atoms with Gasteiger partial charge in [0, 0.05) is 0 Å². The molecule has 6 nitrogen and oxygen atoms in total. The molecule has 0 aromatic heterocycles. The van der Waals surface area contributed by atoms with E-state index in [4.69, 9.17) is 19.2 Å². The molecule has 0 aliphatic heterocycles. The average molecular weight is 179 g/mol. The summed E-state index contributed by atoms with van der Waals surface area (Å²) in [4.78, 5) is 22.9. The monoisotopic (exact) mass is 179 g/mol. The molecule has 0 aromatic carbocycles. The molecule has 0 unspecified atom stereocenters. The zero-order valence-electron chi connectivity index (χ0n) is 5.16. The summed E-state index contributed by atoms with van der Waals surface area (Å²) in [6.07, 6.45) is 0. The summed E-state index contributed by atoms with van der Waals surface area (Å²) in [6.45, 7) is 0. The average Bonchev–Trinajstić information content (AvgIpc) is 0.722. The van der Waals surface area contributed by atoms with Crippen LogP contribution in [0.3, 0.4) is 0 Å². The maximum Gasteiger partial charge on any atom is 1.00 e. The van der Waals surface area contributed by atoms with E-state index in [1.807, 2.05) is 0 Å². The van der Waals surface area contributed by atoms with E-state index in [2.05, 4.69) is 0 Å². The Hall–Kier alpha value is 2.03. The van der Waals surface area contributed by atoms with Crippen LogP contribution in [0.5, 0.6) is 0 Å². The predicted octanol–water partition coefficient (Wildman–Crippen LogP) is -9.20. The van der Waals surface area contributed by atoms with E-state index in [1.54, 1.807) is 0 Å². The maximum absolute atomic E-state index is 8.77. The molecule has 0 aromatic rings. The number of rotatable bonds is 0. The second-order valence-corrected chi connectivity index (χ2v) is 1.47. The molecule has 9 heteroatoms. The first-order valence-corrected chi connectivity index (χ1v) is 2.30. The Bertz CT molecular complexity index is 57.2. The van der Waals surface area contributed by atoms with Crippen molar-refractivity contribution < 1.29 is 89.3 Å².